The quantitative estimate of drug-likeness (QED) is 0.854. The standard InChI is InChI=1S/C16H12N4O2/c17-10-12-1-3-14(4-2-12)19-20-15-5-6-16(22-8-7-21)13(9-15)11-18/h1-6,9,21H,7-8H2. The molecule has 108 valence electrons. The maximum Gasteiger partial charge on any atom is 0.137 e. The first-order valence-electron chi connectivity index (χ1n) is 6.46. The molecule has 2 aromatic carbocycles. The summed E-state index contributed by atoms with van der Waals surface area (Å²) >= 11 is 0. The zero-order chi connectivity index (χ0) is 15.8. The van der Waals surface area contributed by atoms with Crippen molar-refractivity contribution in [2.75, 3.05) is 13.2 Å². The van der Waals surface area contributed by atoms with E-state index in [9.17, 15) is 0 Å². The molecule has 0 amide bonds. The second kappa shape index (κ2) is 7.53. The number of rotatable bonds is 5. The van der Waals surface area contributed by atoms with Crippen molar-refractivity contribution in [1.29, 1.82) is 10.5 Å². The number of aliphatic hydroxyl groups is 1. The monoisotopic (exact) mass is 292 g/mol. The maximum atomic E-state index is 9.09. The van der Waals surface area contributed by atoms with Crippen LogP contribution in [0.4, 0.5) is 11.4 Å². The Bertz CT molecular complexity index is 755. The molecule has 0 aromatic heterocycles. The molecule has 0 fully saturated rings. The molecule has 0 spiro atoms. The van der Waals surface area contributed by atoms with Gasteiger partial charge in [0.05, 0.1) is 35.2 Å². The molecular formula is C16H12N4O2. The summed E-state index contributed by atoms with van der Waals surface area (Å²) in [5.74, 6) is 0.397. The number of benzene rings is 2. The van der Waals surface area contributed by atoms with Gasteiger partial charge in [-0.05, 0) is 42.5 Å². The van der Waals surface area contributed by atoms with Crippen molar-refractivity contribution >= 4 is 11.4 Å². The first kappa shape index (κ1) is 15.2. The highest BCUT2D eigenvalue weighted by atomic mass is 16.5. The summed E-state index contributed by atoms with van der Waals surface area (Å²) in [5.41, 5.74) is 2.00. The Morgan fingerprint density at radius 1 is 0.955 bits per heavy atom. The fraction of sp³-hybridized carbons (Fsp3) is 0.125. The van der Waals surface area contributed by atoms with Gasteiger partial charge < -0.3 is 9.84 Å². The Labute approximate surface area is 127 Å². The molecule has 0 saturated heterocycles. The summed E-state index contributed by atoms with van der Waals surface area (Å²) < 4.78 is 5.25. The number of hydrogen-bond acceptors (Lipinski definition) is 6. The van der Waals surface area contributed by atoms with Crippen LogP contribution in [0.1, 0.15) is 11.1 Å². The van der Waals surface area contributed by atoms with Crippen molar-refractivity contribution in [3.63, 3.8) is 0 Å². The van der Waals surface area contributed by atoms with Crippen LogP contribution in [0.15, 0.2) is 52.7 Å². The third-order valence-electron chi connectivity index (χ3n) is 2.71. The largest absolute Gasteiger partial charge is 0.490 e. The van der Waals surface area contributed by atoms with E-state index in [-0.39, 0.29) is 13.2 Å². The molecule has 0 aliphatic rings. The van der Waals surface area contributed by atoms with Crippen molar-refractivity contribution in [2.45, 2.75) is 0 Å². The average molecular weight is 292 g/mol. The Balaban J connectivity index is 2.17. The molecule has 2 aromatic rings. The third kappa shape index (κ3) is 3.89. The molecule has 6 heteroatoms. The lowest BCUT2D eigenvalue weighted by atomic mass is 10.2. The fourth-order valence-corrected chi connectivity index (χ4v) is 1.67. The van der Waals surface area contributed by atoms with Gasteiger partial charge in [-0.2, -0.15) is 20.8 Å². The SMILES string of the molecule is N#Cc1ccc(N=Nc2ccc(OCCO)c(C#N)c2)cc1. The van der Waals surface area contributed by atoms with E-state index in [0.29, 0.717) is 28.3 Å². The summed E-state index contributed by atoms with van der Waals surface area (Å²) in [5, 5.41) is 34.6. The van der Waals surface area contributed by atoms with Gasteiger partial charge in [0.15, 0.2) is 0 Å². The molecule has 2 rings (SSSR count). The maximum absolute atomic E-state index is 9.09. The normalized spacial score (nSPS) is 10.1. The van der Waals surface area contributed by atoms with Gasteiger partial charge in [0.25, 0.3) is 0 Å². The Hall–Kier alpha value is -3.22. The van der Waals surface area contributed by atoms with E-state index in [1.165, 1.54) is 0 Å². The van der Waals surface area contributed by atoms with Crippen LogP contribution in [0.2, 0.25) is 0 Å². The lowest BCUT2D eigenvalue weighted by molar-refractivity contribution is 0.201. The lowest BCUT2D eigenvalue weighted by Crippen LogP contribution is -2.02. The molecule has 0 unspecified atom stereocenters. The van der Waals surface area contributed by atoms with Crippen LogP contribution in [0.25, 0.3) is 0 Å². The van der Waals surface area contributed by atoms with Crippen molar-refractivity contribution in [2.24, 2.45) is 10.2 Å². The van der Waals surface area contributed by atoms with Gasteiger partial charge in [0.2, 0.25) is 0 Å². The number of nitriles is 2. The van der Waals surface area contributed by atoms with Crippen LogP contribution in [0.3, 0.4) is 0 Å². The number of nitrogens with zero attached hydrogens (tertiary/aromatic N) is 4. The van der Waals surface area contributed by atoms with E-state index in [1.54, 1.807) is 42.5 Å². The average Bonchev–Trinajstić information content (AvgIpc) is 2.58. The minimum Gasteiger partial charge on any atom is -0.490 e. The zero-order valence-electron chi connectivity index (χ0n) is 11.6. The van der Waals surface area contributed by atoms with Gasteiger partial charge in [-0.3, -0.25) is 0 Å². The lowest BCUT2D eigenvalue weighted by Gasteiger charge is -2.06. The molecule has 0 aliphatic carbocycles. The summed E-state index contributed by atoms with van der Waals surface area (Å²) in [6.07, 6.45) is 0. The summed E-state index contributed by atoms with van der Waals surface area (Å²) in [7, 11) is 0. The second-order valence-electron chi connectivity index (χ2n) is 4.22. The smallest absolute Gasteiger partial charge is 0.137 e. The Morgan fingerprint density at radius 3 is 2.27 bits per heavy atom. The fourth-order valence-electron chi connectivity index (χ4n) is 1.67. The molecule has 0 radical (unpaired) electrons. The van der Waals surface area contributed by atoms with Gasteiger partial charge >= 0.3 is 0 Å². The minimum atomic E-state index is -0.120. The minimum absolute atomic E-state index is 0.120. The first-order valence-corrected chi connectivity index (χ1v) is 6.46. The topological polar surface area (TPSA) is 102 Å². The first-order chi connectivity index (χ1) is 10.8. The molecule has 22 heavy (non-hydrogen) atoms. The molecule has 0 aliphatic heterocycles. The van der Waals surface area contributed by atoms with E-state index >= 15 is 0 Å². The zero-order valence-corrected chi connectivity index (χ0v) is 11.6. The predicted molar refractivity (Wildman–Crippen MR) is 79.1 cm³/mol. The summed E-state index contributed by atoms with van der Waals surface area (Å²) in [6.45, 7) is 0.00576. The van der Waals surface area contributed by atoms with Crippen LogP contribution in [-0.2, 0) is 0 Å². The van der Waals surface area contributed by atoms with E-state index in [1.807, 2.05) is 12.1 Å². The highest BCUT2D eigenvalue weighted by molar-refractivity contribution is 5.53. The highest BCUT2D eigenvalue weighted by Gasteiger charge is 2.04. The molecule has 0 atom stereocenters. The van der Waals surface area contributed by atoms with Crippen molar-refractivity contribution in [3.8, 4) is 17.9 Å². The van der Waals surface area contributed by atoms with E-state index in [2.05, 4.69) is 10.2 Å². The van der Waals surface area contributed by atoms with Gasteiger partial charge in [0.1, 0.15) is 18.4 Å². The van der Waals surface area contributed by atoms with Crippen molar-refractivity contribution in [3.05, 3.63) is 53.6 Å². The third-order valence-corrected chi connectivity index (χ3v) is 2.71. The number of hydrogen-bond donors (Lipinski definition) is 1. The van der Waals surface area contributed by atoms with E-state index in [4.69, 9.17) is 20.4 Å². The highest BCUT2D eigenvalue weighted by Crippen LogP contribution is 2.25. The van der Waals surface area contributed by atoms with Gasteiger partial charge in [0, 0.05) is 0 Å². The Morgan fingerprint density at radius 2 is 1.64 bits per heavy atom. The molecule has 0 bridgehead atoms. The van der Waals surface area contributed by atoms with Crippen LogP contribution in [0, 0.1) is 22.7 Å². The van der Waals surface area contributed by atoms with Gasteiger partial charge in [-0.15, -0.1) is 0 Å². The molecular weight excluding hydrogens is 280 g/mol. The van der Waals surface area contributed by atoms with Crippen molar-refractivity contribution in [1.82, 2.24) is 0 Å². The molecule has 6 nitrogen and oxygen atoms in total. The van der Waals surface area contributed by atoms with Gasteiger partial charge in [-0.1, -0.05) is 0 Å². The van der Waals surface area contributed by atoms with Gasteiger partial charge in [-0.25, -0.2) is 0 Å². The van der Waals surface area contributed by atoms with Crippen LogP contribution < -0.4 is 4.74 Å². The van der Waals surface area contributed by atoms with Crippen LogP contribution in [-0.4, -0.2) is 18.3 Å². The summed E-state index contributed by atoms with van der Waals surface area (Å²) in [6, 6.07) is 15.6. The van der Waals surface area contributed by atoms with Crippen LogP contribution in [0.5, 0.6) is 5.75 Å². The molecule has 0 heterocycles. The van der Waals surface area contributed by atoms with E-state index in [0.717, 1.165) is 0 Å². The van der Waals surface area contributed by atoms with Crippen LogP contribution >= 0.6 is 0 Å². The molecule has 0 saturated carbocycles. The van der Waals surface area contributed by atoms with E-state index < -0.39 is 0 Å². The predicted octanol–water partition coefficient (Wildman–Crippen LogP) is 3.22. The summed E-state index contributed by atoms with van der Waals surface area (Å²) in [4.78, 5) is 0. The number of aliphatic hydroxyl groups excluding tert-OH is 1. The second-order valence-corrected chi connectivity index (χ2v) is 4.22. The Kier molecular flexibility index (Phi) is 5.20. The number of ether oxygens (including phenoxy) is 1. The molecule has 1 N–H and O–H groups in total. The number of azo groups is 1. The van der Waals surface area contributed by atoms with Crippen molar-refractivity contribution < 1.29 is 9.84 Å².